The Hall–Kier alpha value is -1.37. The minimum absolute atomic E-state index is 0. The van der Waals surface area contributed by atoms with Gasteiger partial charge in [-0.15, -0.1) is 12.4 Å². The van der Waals surface area contributed by atoms with E-state index in [0.29, 0.717) is 31.2 Å². The van der Waals surface area contributed by atoms with E-state index < -0.39 is 5.82 Å². The summed E-state index contributed by atoms with van der Waals surface area (Å²) in [7, 11) is 3.33. The lowest BCUT2D eigenvalue weighted by Crippen LogP contribution is -2.28. The number of hydrogen-bond acceptors (Lipinski definition) is 4. The first-order valence-electron chi connectivity index (χ1n) is 6.45. The summed E-state index contributed by atoms with van der Waals surface area (Å²) in [4.78, 5) is 11.9. The zero-order chi connectivity index (χ0) is 15.0. The van der Waals surface area contributed by atoms with Gasteiger partial charge in [-0.05, 0) is 19.2 Å². The number of nitrogens with one attached hydrogen (secondary N) is 2. The molecule has 0 heterocycles. The van der Waals surface area contributed by atoms with Gasteiger partial charge in [-0.1, -0.05) is 6.92 Å². The number of carbonyl (C=O) groups excluding carboxylic acids is 1. The second-order valence-corrected chi connectivity index (χ2v) is 4.43. The van der Waals surface area contributed by atoms with Crippen molar-refractivity contribution < 1.29 is 18.7 Å². The number of ether oxygens (including phenoxy) is 2. The minimum atomic E-state index is -0.430. The second-order valence-electron chi connectivity index (χ2n) is 4.43. The fourth-order valence-electron chi connectivity index (χ4n) is 1.62. The predicted molar refractivity (Wildman–Crippen MR) is 82.7 cm³/mol. The van der Waals surface area contributed by atoms with Crippen LogP contribution in [0.4, 0.5) is 10.1 Å². The fraction of sp³-hybridized carbons (Fsp3) is 0.500. The molecular formula is C14H22ClFN2O3. The number of halogens is 2. The van der Waals surface area contributed by atoms with Crippen LogP contribution in [-0.4, -0.2) is 39.8 Å². The quantitative estimate of drug-likeness (QED) is 0.720. The third kappa shape index (κ3) is 6.75. The molecule has 0 saturated carbocycles. The third-order valence-electron chi connectivity index (χ3n) is 2.70. The molecule has 7 heteroatoms. The largest absolute Gasteiger partial charge is 0.489 e. The molecule has 120 valence electrons. The van der Waals surface area contributed by atoms with Gasteiger partial charge in [0.2, 0.25) is 5.91 Å². The number of amides is 1. The molecule has 0 aliphatic heterocycles. The van der Waals surface area contributed by atoms with Gasteiger partial charge in [0.05, 0.1) is 12.3 Å². The number of anilines is 1. The summed E-state index contributed by atoms with van der Waals surface area (Å²) >= 11 is 0. The predicted octanol–water partition coefficient (Wildman–Crippen LogP) is 2.07. The van der Waals surface area contributed by atoms with Crippen LogP contribution >= 0.6 is 12.4 Å². The first-order chi connectivity index (χ1) is 9.58. The van der Waals surface area contributed by atoms with Crippen molar-refractivity contribution in [2.75, 3.05) is 39.2 Å². The summed E-state index contributed by atoms with van der Waals surface area (Å²) in [5.41, 5.74) is 0.328. The Morgan fingerprint density at radius 3 is 2.71 bits per heavy atom. The van der Waals surface area contributed by atoms with Crippen LogP contribution in [0, 0.1) is 11.7 Å². The average Bonchev–Trinajstić information content (AvgIpc) is 2.41. The molecule has 21 heavy (non-hydrogen) atoms. The van der Waals surface area contributed by atoms with Crippen molar-refractivity contribution in [1.82, 2.24) is 5.32 Å². The van der Waals surface area contributed by atoms with E-state index in [9.17, 15) is 9.18 Å². The number of methoxy groups -OCH3 is 1. The van der Waals surface area contributed by atoms with Gasteiger partial charge >= 0.3 is 0 Å². The van der Waals surface area contributed by atoms with E-state index in [2.05, 4.69) is 10.6 Å². The SMILES string of the molecule is CNCC(C)C(=O)Nc1cc(F)ccc1OCCOC.Cl. The molecule has 0 saturated heterocycles. The van der Waals surface area contributed by atoms with Gasteiger partial charge in [-0.25, -0.2) is 4.39 Å². The third-order valence-corrected chi connectivity index (χ3v) is 2.70. The standard InChI is InChI=1S/C14H21FN2O3.ClH/c1-10(9-16-2)14(18)17-12-8-11(15)4-5-13(12)20-7-6-19-3;/h4-5,8,10,16H,6-7,9H2,1-3H3,(H,17,18);1H. The van der Waals surface area contributed by atoms with Gasteiger partial charge < -0.3 is 20.1 Å². The molecule has 1 unspecified atom stereocenters. The molecule has 1 atom stereocenters. The smallest absolute Gasteiger partial charge is 0.228 e. The average molecular weight is 321 g/mol. The van der Waals surface area contributed by atoms with Crippen molar-refractivity contribution in [3.05, 3.63) is 24.0 Å². The summed E-state index contributed by atoms with van der Waals surface area (Å²) < 4.78 is 23.6. The monoisotopic (exact) mass is 320 g/mol. The van der Waals surface area contributed by atoms with Gasteiger partial charge in [0.1, 0.15) is 18.2 Å². The molecule has 1 rings (SSSR count). The number of hydrogen-bond donors (Lipinski definition) is 2. The van der Waals surface area contributed by atoms with Crippen LogP contribution in [0.2, 0.25) is 0 Å². The Bertz CT molecular complexity index is 446. The van der Waals surface area contributed by atoms with Crippen molar-refractivity contribution >= 4 is 24.0 Å². The van der Waals surface area contributed by atoms with Crippen molar-refractivity contribution in [2.45, 2.75) is 6.92 Å². The van der Waals surface area contributed by atoms with E-state index in [0.717, 1.165) is 0 Å². The number of rotatable bonds is 8. The Morgan fingerprint density at radius 1 is 1.38 bits per heavy atom. The van der Waals surface area contributed by atoms with Gasteiger partial charge in [0, 0.05) is 25.6 Å². The van der Waals surface area contributed by atoms with E-state index in [1.165, 1.54) is 18.2 Å². The summed E-state index contributed by atoms with van der Waals surface area (Å²) in [5.74, 6) is -0.425. The Balaban J connectivity index is 0.00000400. The normalized spacial score (nSPS) is 11.4. The highest BCUT2D eigenvalue weighted by atomic mass is 35.5. The lowest BCUT2D eigenvalue weighted by atomic mass is 10.1. The van der Waals surface area contributed by atoms with Gasteiger partial charge in [0.25, 0.3) is 0 Å². The molecule has 1 aromatic carbocycles. The highest BCUT2D eigenvalue weighted by molar-refractivity contribution is 5.93. The molecule has 0 aliphatic carbocycles. The highest BCUT2D eigenvalue weighted by Gasteiger charge is 2.15. The molecule has 0 radical (unpaired) electrons. The van der Waals surface area contributed by atoms with Crippen LogP contribution in [0.15, 0.2) is 18.2 Å². The Labute approximate surface area is 130 Å². The van der Waals surface area contributed by atoms with Crippen LogP contribution in [0.3, 0.4) is 0 Å². The van der Waals surface area contributed by atoms with Crippen LogP contribution in [0.1, 0.15) is 6.92 Å². The molecule has 2 N–H and O–H groups in total. The first kappa shape index (κ1) is 19.6. The van der Waals surface area contributed by atoms with Gasteiger partial charge in [0.15, 0.2) is 0 Å². The maximum Gasteiger partial charge on any atom is 0.228 e. The molecule has 1 aromatic rings. The summed E-state index contributed by atoms with van der Waals surface area (Å²) in [6, 6.07) is 4.02. The van der Waals surface area contributed by atoms with Crippen LogP contribution in [-0.2, 0) is 9.53 Å². The lowest BCUT2D eigenvalue weighted by molar-refractivity contribution is -0.119. The number of benzene rings is 1. The molecule has 0 aliphatic rings. The maximum atomic E-state index is 13.3. The Kier molecular flexibility index (Phi) is 9.69. The fourth-order valence-corrected chi connectivity index (χ4v) is 1.62. The maximum absolute atomic E-state index is 13.3. The van der Waals surface area contributed by atoms with Crippen molar-refractivity contribution in [3.63, 3.8) is 0 Å². The number of carbonyl (C=O) groups is 1. The highest BCUT2D eigenvalue weighted by Crippen LogP contribution is 2.25. The van der Waals surface area contributed by atoms with E-state index in [-0.39, 0.29) is 24.2 Å². The zero-order valence-electron chi connectivity index (χ0n) is 12.4. The van der Waals surface area contributed by atoms with Crippen LogP contribution < -0.4 is 15.4 Å². The molecule has 0 fully saturated rings. The summed E-state index contributed by atoms with van der Waals surface area (Å²) in [6.07, 6.45) is 0. The lowest BCUT2D eigenvalue weighted by Gasteiger charge is -2.15. The second kappa shape index (κ2) is 10.4. The van der Waals surface area contributed by atoms with E-state index in [4.69, 9.17) is 9.47 Å². The Morgan fingerprint density at radius 2 is 2.10 bits per heavy atom. The molecule has 5 nitrogen and oxygen atoms in total. The molecular weight excluding hydrogens is 299 g/mol. The first-order valence-corrected chi connectivity index (χ1v) is 6.45. The van der Waals surface area contributed by atoms with Crippen molar-refractivity contribution in [2.24, 2.45) is 5.92 Å². The van der Waals surface area contributed by atoms with E-state index in [1.54, 1.807) is 21.1 Å². The molecule has 0 bridgehead atoms. The minimum Gasteiger partial charge on any atom is -0.489 e. The topological polar surface area (TPSA) is 59.6 Å². The summed E-state index contributed by atoms with van der Waals surface area (Å²) in [6.45, 7) is 3.08. The van der Waals surface area contributed by atoms with Crippen LogP contribution in [0.25, 0.3) is 0 Å². The van der Waals surface area contributed by atoms with Crippen molar-refractivity contribution in [3.8, 4) is 5.75 Å². The van der Waals surface area contributed by atoms with Crippen LogP contribution in [0.5, 0.6) is 5.75 Å². The molecule has 0 aromatic heterocycles. The van der Waals surface area contributed by atoms with Crippen molar-refractivity contribution in [1.29, 1.82) is 0 Å². The van der Waals surface area contributed by atoms with E-state index >= 15 is 0 Å². The zero-order valence-corrected chi connectivity index (χ0v) is 13.3. The van der Waals surface area contributed by atoms with E-state index in [1.807, 2.05) is 0 Å². The van der Waals surface area contributed by atoms with Gasteiger partial charge in [-0.3, -0.25) is 4.79 Å². The molecule has 1 amide bonds. The molecule has 0 spiro atoms. The summed E-state index contributed by atoms with van der Waals surface area (Å²) in [5, 5.41) is 5.60. The van der Waals surface area contributed by atoms with Gasteiger partial charge in [-0.2, -0.15) is 0 Å².